The molecule has 0 aliphatic carbocycles. The molecule has 1 heteroatoms. The van der Waals surface area contributed by atoms with Gasteiger partial charge in [0.05, 0.1) is 6.07 Å². The summed E-state index contributed by atoms with van der Waals surface area (Å²) < 4.78 is 0. The zero-order chi connectivity index (χ0) is 12.1. The van der Waals surface area contributed by atoms with Gasteiger partial charge in [-0.2, -0.15) is 5.26 Å². The quantitative estimate of drug-likeness (QED) is 0.646. The Bertz CT molecular complexity index is 271. The van der Waals surface area contributed by atoms with Crippen LogP contribution in [0.5, 0.6) is 0 Å². The van der Waals surface area contributed by atoms with Crippen LogP contribution in [0, 0.1) is 18.3 Å². The second kappa shape index (κ2) is 11.8. The topological polar surface area (TPSA) is 23.8 Å². The molecular weight excluding hydrogens is 194 g/mol. The van der Waals surface area contributed by atoms with Crippen molar-refractivity contribution in [1.82, 2.24) is 0 Å². The minimum atomic E-state index is 0.740. The normalized spacial score (nSPS) is 8.81. The van der Waals surface area contributed by atoms with E-state index in [1.807, 2.05) is 18.2 Å². The fraction of sp³-hybridized carbons (Fsp3) is 0.533. The molecule has 0 saturated heterocycles. The van der Waals surface area contributed by atoms with Crippen LogP contribution >= 0.6 is 0 Å². The molecule has 0 aliphatic heterocycles. The number of aryl methyl sites for hydroxylation is 1. The van der Waals surface area contributed by atoms with E-state index in [1.165, 1.54) is 31.2 Å². The van der Waals surface area contributed by atoms with Crippen LogP contribution in [0.1, 0.15) is 51.0 Å². The highest BCUT2D eigenvalue weighted by atomic mass is 14.2. The molecule has 0 amide bonds. The van der Waals surface area contributed by atoms with E-state index in [9.17, 15) is 0 Å². The van der Waals surface area contributed by atoms with Gasteiger partial charge in [0.25, 0.3) is 0 Å². The van der Waals surface area contributed by atoms with Crippen LogP contribution < -0.4 is 0 Å². The van der Waals surface area contributed by atoms with Gasteiger partial charge in [0.1, 0.15) is 0 Å². The molecule has 0 bridgehead atoms. The number of nitrogens with zero attached hydrogens (tertiary/aromatic N) is 1. The van der Waals surface area contributed by atoms with Crippen molar-refractivity contribution in [2.75, 3.05) is 0 Å². The molecular formula is C15H23N. The van der Waals surface area contributed by atoms with Gasteiger partial charge in [0.15, 0.2) is 0 Å². The Morgan fingerprint density at radius 2 is 1.62 bits per heavy atom. The monoisotopic (exact) mass is 217 g/mol. The Hall–Kier alpha value is -1.29. The van der Waals surface area contributed by atoms with Crippen molar-refractivity contribution in [2.45, 2.75) is 52.4 Å². The average Bonchev–Trinajstić information content (AvgIpc) is 2.31. The Kier molecular flexibility index (Phi) is 10.8. The maximum absolute atomic E-state index is 8.17. The average molecular weight is 217 g/mol. The Balaban J connectivity index is 0.000000288. The fourth-order valence-electron chi connectivity index (χ4n) is 1.34. The summed E-state index contributed by atoms with van der Waals surface area (Å²) in [5, 5.41) is 8.17. The highest BCUT2D eigenvalue weighted by Gasteiger charge is 1.85. The van der Waals surface area contributed by atoms with Gasteiger partial charge in [-0.15, -0.1) is 0 Å². The van der Waals surface area contributed by atoms with Crippen molar-refractivity contribution in [3.05, 3.63) is 35.9 Å². The molecule has 0 atom stereocenters. The van der Waals surface area contributed by atoms with Crippen molar-refractivity contribution >= 4 is 0 Å². The van der Waals surface area contributed by atoms with Crippen molar-refractivity contribution in [3.8, 4) is 6.07 Å². The third-order valence-electron chi connectivity index (χ3n) is 2.33. The first-order valence-corrected chi connectivity index (χ1v) is 6.19. The predicted octanol–water partition coefficient (Wildman–Crippen LogP) is 4.87. The lowest BCUT2D eigenvalue weighted by atomic mass is 10.1. The number of hydrogen-bond donors (Lipinski definition) is 0. The van der Waals surface area contributed by atoms with Crippen LogP contribution in [0.3, 0.4) is 0 Å². The largest absolute Gasteiger partial charge is 0.198 e. The van der Waals surface area contributed by atoms with E-state index in [1.54, 1.807) is 0 Å². The maximum Gasteiger partial charge on any atom is 0.0621 e. The first-order valence-electron chi connectivity index (χ1n) is 6.19. The lowest BCUT2D eigenvalue weighted by molar-refractivity contribution is 0.640. The van der Waals surface area contributed by atoms with Gasteiger partial charge in [-0.05, 0) is 13.3 Å². The van der Waals surface area contributed by atoms with Crippen molar-refractivity contribution in [3.63, 3.8) is 0 Å². The highest BCUT2D eigenvalue weighted by Crippen LogP contribution is 2.03. The first-order chi connectivity index (χ1) is 7.81. The van der Waals surface area contributed by atoms with E-state index < -0.39 is 0 Å². The summed E-state index contributed by atoms with van der Waals surface area (Å²) in [6, 6.07) is 12.4. The minimum Gasteiger partial charge on any atom is -0.198 e. The van der Waals surface area contributed by atoms with Crippen LogP contribution in [0.25, 0.3) is 0 Å². The standard InChI is InChI=1S/C8H15N.C7H8/c1-2-3-4-5-6-7-8-9;1-7-5-3-2-4-6-7/h2-7H2,1H3;2-6H,1H3. The second-order valence-corrected chi connectivity index (χ2v) is 3.98. The lowest BCUT2D eigenvalue weighted by Gasteiger charge is -1.92. The third kappa shape index (κ3) is 10.8. The zero-order valence-corrected chi connectivity index (χ0v) is 10.6. The molecule has 0 heterocycles. The smallest absolute Gasteiger partial charge is 0.0621 e. The number of unbranched alkanes of at least 4 members (excludes halogenated alkanes) is 5. The number of hydrogen-bond acceptors (Lipinski definition) is 1. The predicted molar refractivity (Wildman–Crippen MR) is 70.2 cm³/mol. The molecule has 0 spiro atoms. The molecule has 1 nitrogen and oxygen atoms in total. The van der Waals surface area contributed by atoms with Crippen LogP contribution in [0.4, 0.5) is 0 Å². The number of benzene rings is 1. The van der Waals surface area contributed by atoms with Crippen LogP contribution in [0.2, 0.25) is 0 Å². The fourth-order valence-corrected chi connectivity index (χ4v) is 1.34. The van der Waals surface area contributed by atoms with Crippen LogP contribution in [0.15, 0.2) is 30.3 Å². The summed E-state index contributed by atoms with van der Waals surface area (Å²) in [6.45, 7) is 4.28. The summed E-state index contributed by atoms with van der Waals surface area (Å²) in [4.78, 5) is 0. The minimum absolute atomic E-state index is 0.740. The maximum atomic E-state index is 8.17. The highest BCUT2D eigenvalue weighted by molar-refractivity contribution is 5.11. The Labute approximate surface area is 100 Å². The lowest BCUT2D eigenvalue weighted by Crippen LogP contribution is -1.75. The zero-order valence-electron chi connectivity index (χ0n) is 10.6. The Morgan fingerprint density at radius 3 is 2.06 bits per heavy atom. The van der Waals surface area contributed by atoms with Crippen LogP contribution in [-0.4, -0.2) is 0 Å². The number of nitriles is 1. The van der Waals surface area contributed by atoms with E-state index in [4.69, 9.17) is 5.26 Å². The first kappa shape index (κ1) is 14.7. The SMILES string of the molecule is CCCCCCCC#N.Cc1ccccc1. The van der Waals surface area contributed by atoms with Crippen molar-refractivity contribution < 1.29 is 0 Å². The van der Waals surface area contributed by atoms with Crippen LogP contribution in [-0.2, 0) is 0 Å². The molecule has 0 unspecified atom stereocenters. The molecule has 1 aromatic carbocycles. The van der Waals surface area contributed by atoms with Crippen molar-refractivity contribution in [2.24, 2.45) is 0 Å². The van der Waals surface area contributed by atoms with Gasteiger partial charge in [-0.25, -0.2) is 0 Å². The van der Waals surface area contributed by atoms with Gasteiger partial charge >= 0.3 is 0 Å². The van der Waals surface area contributed by atoms with Crippen molar-refractivity contribution in [1.29, 1.82) is 5.26 Å². The van der Waals surface area contributed by atoms with E-state index in [0.29, 0.717) is 0 Å². The van der Waals surface area contributed by atoms with E-state index in [-0.39, 0.29) is 0 Å². The molecule has 88 valence electrons. The second-order valence-electron chi connectivity index (χ2n) is 3.98. The summed E-state index contributed by atoms with van der Waals surface area (Å²) in [5.74, 6) is 0. The molecule has 0 aromatic heterocycles. The molecule has 1 aromatic rings. The van der Waals surface area contributed by atoms with Gasteiger partial charge < -0.3 is 0 Å². The van der Waals surface area contributed by atoms with Gasteiger partial charge in [-0.3, -0.25) is 0 Å². The van der Waals surface area contributed by atoms with Gasteiger partial charge in [0, 0.05) is 6.42 Å². The van der Waals surface area contributed by atoms with Gasteiger partial charge in [0.2, 0.25) is 0 Å². The summed E-state index contributed by atoms with van der Waals surface area (Å²) in [5.41, 5.74) is 1.32. The van der Waals surface area contributed by atoms with E-state index in [2.05, 4.69) is 32.0 Å². The summed E-state index contributed by atoms with van der Waals surface area (Å²) in [7, 11) is 0. The Morgan fingerprint density at radius 1 is 1.00 bits per heavy atom. The molecule has 0 radical (unpaired) electrons. The summed E-state index contributed by atoms with van der Waals surface area (Å²) >= 11 is 0. The van der Waals surface area contributed by atoms with E-state index in [0.717, 1.165) is 12.8 Å². The molecule has 0 saturated carbocycles. The third-order valence-corrected chi connectivity index (χ3v) is 2.33. The summed E-state index contributed by atoms with van der Waals surface area (Å²) in [6.07, 6.45) is 6.98. The molecule has 0 fully saturated rings. The van der Waals surface area contributed by atoms with E-state index >= 15 is 0 Å². The molecule has 16 heavy (non-hydrogen) atoms. The number of rotatable bonds is 5. The molecule has 0 aliphatic rings. The molecule has 0 N–H and O–H groups in total. The van der Waals surface area contributed by atoms with Gasteiger partial charge in [-0.1, -0.05) is 68.5 Å². The molecule has 1 rings (SSSR count).